The van der Waals surface area contributed by atoms with Crippen LogP contribution in [-0.2, 0) is 22.4 Å². The minimum Gasteiger partial charge on any atom is -0.483 e. The summed E-state index contributed by atoms with van der Waals surface area (Å²) in [4.78, 5) is 24.4. The van der Waals surface area contributed by atoms with E-state index in [1.54, 1.807) is 13.0 Å². The minimum atomic E-state index is -0.389. The summed E-state index contributed by atoms with van der Waals surface area (Å²) < 4.78 is 6.28. The maximum Gasteiger partial charge on any atom is 0.277 e. The molecule has 6 nitrogen and oxygen atoms in total. The lowest BCUT2D eigenvalue weighted by atomic mass is 9.90. The van der Waals surface area contributed by atoms with Crippen molar-refractivity contribution < 1.29 is 14.3 Å². The molecule has 0 aliphatic heterocycles. The maximum absolute atomic E-state index is 12.4. The Labute approximate surface area is 185 Å². The number of halogens is 1. The van der Waals surface area contributed by atoms with Crippen molar-refractivity contribution in [3.05, 3.63) is 57.6 Å². The van der Waals surface area contributed by atoms with Gasteiger partial charge in [0.15, 0.2) is 6.61 Å². The van der Waals surface area contributed by atoms with E-state index in [-0.39, 0.29) is 24.8 Å². The van der Waals surface area contributed by atoms with Crippen molar-refractivity contribution in [3.63, 3.8) is 0 Å². The molecule has 0 saturated heterocycles. The number of amides is 2. The lowest BCUT2D eigenvalue weighted by molar-refractivity contribution is -0.123. The van der Waals surface area contributed by atoms with Crippen LogP contribution < -0.4 is 15.5 Å². The van der Waals surface area contributed by atoms with Crippen molar-refractivity contribution in [2.24, 2.45) is 5.10 Å². The smallest absolute Gasteiger partial charge is 0.277 e. The Balaban J connectivity index is 1.47. The number of hydrogen-bond donors (Lipinski definition) is 2. The van der Waals surface area contributed by atoms with Gasteiger partial charge in [-0.1, -0.05) is 18.2 Å². The molecule has 0 spiro atoms. The van der Waals surface area contributed by atoms with Crippen LogP contribution in [0.15, 0.2) is 46.0 Å². The summed E-state index contributed by atoms with van der Waals surface area (Å²) in [6.07, 6.45) is 4.50. The van der Waals surface area contributed by atoms with Crippen LogP contribution in [-0.4, -0.2) is 24.1 Å². The molecule has 0 unspecified atom stereocenters. The second-order valence-corrected chi connectivity index (χ2v) is 8.33. The van der Waals surface area contributed by atoms with Crippen LogP contribution in [0, 0.1) is 6.92 Å². The number of nitrogens with zero attached hydrogens (tertiary/aromatic N) is 1. The average Bonchev–Trinajstić information content (AvgIpc) is 2.72. The molecule has 0 heterocycles. The Morgan fingerprint density at radius 2 is 1.93 bits per heavy atom. The first-order valence-corrected chi connectivity index (χ1v) is 10.8. The first-order valence-electron chi connectivity index (χ1n) is 10.0. The number of ether oxygens (including phenoxy) is 1. The number of rotatable bonds is 7. The molecule has 0 radical (unpaired) electrons. The molecule has 7 heteroatoms. The molecule has 1 aliphatic rings. The fourth-order valence-electron chi connectivity index (χ4n) is 3.42. The third-order valence-corrected chi connectivity index (χ3v) is 5.52. The fourth-order valence-corrected chi connectivity index (χ4v) is 4.03. The molecule has 0 aromatic heterocycles. The molecule has 0 bridgehead atoms. The van der Waals surface area contributed by atoms with Crippen molar-refractivity contribution in [2.45, 2.75) is 46.0 Å². The quantitative estimate of drug-likeness (QED) is 0.459. The van der Waals surface area contributed by atoms with Gasteiger partial charge in [-0.15, -0.1) is 0 Å². The van der Waals surface area contributed by atoms with E-state index in [9.17, 15) is 9.59 Å². The predicted molar refractivity (Wildman–Crippen MR) is 122 cm³/mol. The number of anilines is 1. The zero-order valence-corrected chi connectivity index (χ0v) is 18.8. The first kappa shape index (κ1) is 22.0. The normalized spacial score (nSPS) is 13.4. The van der Waals surface area contributed by atoms with Gasteiger partial charge in [-0.25, -0.2) is 5.43 Å². The molecular weight excluding hydrogens is 446 g/mol. The highest BCUT2D eigenvalue weighted by Gasteiger charge is 2.15. The van der Waals surface area contributed by atoms with Crippen LogP contribution in [0.3, 0.4) is 0 Å². The molecule has 2 amide bonds. The van der Waals surface area contributed by atoms with E-state index in [2.05, 4.69) is 37.8 Å². The third-order valence-electron chi connectivity index (χ3n) is 4.90. The molecule has 0 atom stereocenters. The van der Waals surface area contributed by atoms with Gasteiger partial charge in [0.1, 0.15) is 5.75 Å². The van der Waals surface area contributed by atoms with Gasteiger partial charge in [-0.3, -0.25) is 9.59 Å². The number of hydrazone groups is 1. The number of hydrogen-bond acceptors (Lipinski definition) is 4. The van der Waals surface area contributed by atoms with E-state index in [0.29, 0.717) is 11.5 Å². The Morgan fingerprint density at radius 3 is 2.73 bits per heavy atom. The second kappa shape index (κ2) is 10.4. The summed E-state index contributed by atoms with van der Waals surface area (Å²) in [7, 11) is 0. The highest BCUT2D eigenvalue weighted by Crippen LogP contribution is 2.28. The van der Waals surface area contributed by atoms with E-state index in [0.717, 1.165) is 35.0 Å². The van der Waals surface area contributed by atoms with Gasteiger partial charge in [0.05, 0.1) is 10.9 Å². The lowest BCUT2D eigenvalue weighted by Gasteiger charge is -2.19. The van der Waals surface area contributed by atoms with Crippen LogP contribution in [0.25, 0.3) is 0 Å². The summed E-state index contributed by atoms with van der Waals surface area (Å²) in [5.41, 5.74) is 7.47. The maximum atomic E-state index is 12.4. The Bertz CT molecular complexity index is 972. The summed E-state index contributed by atoms with van der Waals surface area (Å²) in [5.74, 6) is 0.0469. The predicted octanol–water partition coefficient (Wildman–Crippen LogP) is 4.54. The lowest BCUT2D eigenvalue weighted by Crippen LogP contribution is -2.26. The summed E-state index contributed by atoms with van der Waals surface area (Å²) in [5, 5.41) is 6.99. The Kier molecular flexibility index (Phi) is 7.63. The summed E-state index contributed by atoms with van der Waals surface area (Å²) >= 11 is 3.41. The van der Waals surface area contributed by atoms with E-state index in [4.69, 9.17) is 4.74 Å². The monoisotopic (exact) mass is 471 g/mol. The van der Waals surface area contributed by atoms with Gasteiger partial charge in [0, 0.05) is 11.4 Å². The van der Waals surface area contributed by atoms with Crippen molar-refractivity contribution in [2.75, 3.05) is 11.9 Å². The number of carbonyl (C=O) groups excluding carboxylic acids is 2. The number of aryl methyl sites for hydroxylation is 2. The topological polar surface area (TPSA) is 79.8 Å². The Hall–Kier alpha value is -2.67. The highest BCUT2D eigenvalue weighted by molar-refractivity contribution is 9.10. The highest BCUT2D eigenvalue weighted by atomic mass is 79.9. The molecule has 30 heavy (non-hydrogen) atoms. The van der Waals surface area contributed by atoms with Crippen LogP contribution >= 0.6 is 15.9 Å². The molecule has 2 aromatic carbocycles. The molecule has 158 valence electrons. The van der Waals surface area contributed by atoms with E-state index in [1.807, 2.05) is 31.2 Å². The fraction of sp³-hybridized carbons (Fsp3) is 0.348. The zero-order valence-electron chi connectivity index (χ0n) is 17.3. The van der Waals surface area contributed by atoms with Crippen molar-refractivity contribution in [1.29, 1.82) is 0 Å². The molecular formula is C23H26BrN3O3. The zero-order chi connectivity index (χ0) is 21.5. The molecule has 0 saturated carbocycles. The largest absolute Gasteiger partial charge is 0.483 e. The van der Waals surface area contributed by atoms with Crippen molar-refractivity contribution in [3.8, 4) is 5.75 Å². The van der Waals surface area contributed by atoms with Gasteiger partial charge in [0.2, 0.25) is 5.91 Å². The number of nitrogens with one attached hydrogen (secondary N) is 2. The molecule has 3 rings (SSSR count). The van der Waals surface area contributed by atoms with Crippen LogP contribution in [0.5, 0.6) is 5.75 Å². The van der Waals surface area contributed by atoms with Gasteiger partial charge in [-0.2, -0.15) is 5.10 Å². The van der Waals surface area contributed by atoms with Crippen LogP contribution in [0.1, 0.15) is 42.9 Å². The summed E-state index contributed by atoms with van der Waals surface area (Å²) in [6, 6.07) is 11.7. The van der Waals surface area contributed by atoms with Crippen molar-refractivity contribution in [1.82, 2.24) is 5.43 Å². The molecule has 1 aliphatic carbocycles. The van der Waals surface area contributed by atoms with Crippen molar-refractivity contribution >= 4 is 39.1 Å². The van der Waals surface area contributed by atoms with Crippen LogP contribution in [0.4, 0.5) is 5.69 Å². The second-order valence-electron chi connectivity index (χ2n) is 7.48. The van der Waals surface area contributed by atoms with Gasteiger partial charge in [-0.05, 0) is 90.4 Å². The summed E-state index contributed by atoms with van der Waals surface area (Å²) in [6.45, 7) is 3.51. The standard InChI is InChI=1S/C23H26BrN3O3/c1-15-10-11-21(19(24)12-15)30-14-23(29)27-26-16(2)13-22(28)25-20-9-5-7-17-6-3-4-8-18(17)20/h5,7,9-12H,3-4,6,8,13-14H2,1-2H3,(H,25,28)(H,27,29). The third kappa shape index (κ3) is 6.16. The van der Waals surface area contributed by atoms with Gasteiger partial charge < -0.3 is 10.1 Å². The average molecular weight is 472 g/mol. The first-order chi connectivity index (χ1) is 14.4. The van der Waals surface area contributed by atoms with E-state index in [1.165, 1.54) is 17.5 Å². The molecule has 0 fully saturated rings. The Morgan fingerprint density at radius 1 is 1.13 bits per heavy atom. The number of carbonyl (C=O) groups is 2. The SMILES string of the molecule is CC(CC(=O)Nc1cccc2c1CCCC2)=NNC(=O)COc1ccc(C)cc1Br. The van der Waals surface area contributed by atoms with E-state index >= 15 is 0 Å². The van der Waals surface area contributed by atoms with Gasteiger partial charge in [0.25, 0.3) is 5.91 Å². The number of fused-ring (bicyclic) bond motifs is 1. The van der Waals surface area contributed by atoms with Crippen LogP contribution in [0.2, 0.25) is 0 Å². The molecule has 2 aromatic rings. The number of benzene rings is 2. The van der Waals surface area contributed by atoms with Gasteiger partial charge >= 0.3 is 0 Å². The molecule has 2 N–H and O–H groups in total. The minimum absolute atomic E-state index is 0.105. The van der Waals surface area contributed by atoms with E-state index < -0.39 is 0 Å².